The van der Waals surface area contributed by atoms with Crippen molar-refractivity contribution >= 4 is 11.9 Å². The van der Waals surface area contributed by atoms with E-state index in [0.717, 1.165) is 12.1 Å². The van der Waals surface area contributed by atoms with Gasteiger partial charge in [0.15, 0.2) is 5.75 Å². The Kier molecular flexibility index (Phi) is 3.96. The van der Waals surface area contributed by atoms with Gasteiger partial charge in [0, 0.05) is 18.3 Å². The normalized spacial score (nSPS) is 15.9. The standard InChI is InChI=1S/C16H18N4O4/c1-8-4-5-10-11(8)13(21)12(15(23)20(10)2)14(22)19-16-17-6-9(24-3)7-18-16/h6-8,21H,4-5H2,1-3H3,(H,17,18,19,22)/t8-/m0/s1. The minimum Gasteiger partial charge on any atom is -0.507 e. The molecule has 2 aromatic heterocycles. The van der Waals surface area contributed by atoms with Gasteiger partial charge in [0.2, 0.25) is 5.95 Å². The Morgan fingerprint density at radius 3 is 2.71 bits per heavy atom. The highest BCUT2D eigenvalue weighted by Gasteiger charge is 2.31. The highest BCUT2D eigenvalue weighted by molar-refractivity contribution is 6.05. The Balaban J connectivity index is 1.99. The van der Waals surface area contributed by atoms with Crippen LogP contribution in [0.3, 0.4) is 0 Å². The topological polar surface area (TPSA) is 106 Å². The third-order valence-electron chi connectivity index (χ3n) is 4.35. The molecule has 0 fully saturated rings. The van der Waals surface area contributed by atoms with Gasteiger partial charge in [-0.3, -0.25) is 14.9 Å². The smallest absolute Gasteiger partial charge is 0.267 e. The van der Waals surface area contributed by atoms with Crippen LogP contribution in [0.25, 0.3) is 0 Å². The van der Waals surface area contributed by atoms with E-state index in [2.05, 4.69) is 15.3 Å². The average Bonchev–Trinajstić information content (AvgIpc) is 2.96. The van der Waals surface area contributed by atoms with Crippen LogP contribution < -0.4 is 15.6 Å². The molecule has 0 aromatic carbocycles. The zero-order valence-corrected chi connectivity index (χ0v) is 13.7. The molecule has 3 rings (SSSR count). The zero-order chi connectivity index (χ0) is 17.4. The van der Waals surface area contributed by atoms with Gasteiger partial charge in [0.25, 0.3) is 11.5 Å². The van der Waals surface area contributed by atoms with Crippen molar-refractivity contribution in [3.63, 3.8) is 0 Å². The molecular weight excluding hydrogens is 312 g/mol. The molecule has 0 saturated heterocycles. The van der Waals surface area contributed by atoms with E-state index in [9.17, 15) is 14.7 Å². The summed E-state index contributed by atoms with van der Waals surface area (Å²) in [7, 11) is 3.09. The van der Waals surface area contributed by atoms with E-state index in [-0.39, 0.29) is 23.2 Å². The van der Waals surface area contributed by atoms with Crippen LogP contribution in [-0.4, -0.2) is 32.7 Å². The summed E-state index contributed by atoms with van der Waals surface area (Å²) in [6, 6.07) is 0. The van der Waals surface area contributed by atoms with Crippen molar-refractivity contribution in [3.05, 3.63) is 39.6 Å². The lowest BCUT2D eigenvalue weighted by Gasteiger charge is -2.14. The van der Waals surface area contributed by atoms with E-state index >= 15 is 0 Å². The van der Waals surface area contributed by atoms with Crippen LogP contribution in [0.1, 0.15) is 40.9 Å². The fraction of sp³-hybridized carbons (Fsp3) is 0.375. The minimum atomic E-state index is -0.736. The van der Waals surface area contributed by atoms with Gasteiger partial charge in [-0.15, -0.1) is 0 Å². The van der Waals surface area contributed by atoms with Crippen LogP contribution in [-0.2, 0) is 13.5 Å². The van der Waals surface area contributed by atoms with Gasteiger partial charge in [0.1, 0.15) is 11.3 Å². The summed E-state index contributed by atoms with van der Waals surface area (Å²) < 4.78 is 6.38. The molecule has 2 heterocycles. The average molecular weight is 330 g/mol. The second-order valence-electron chi connectivity index (χ2n) is 5.79. The summed E-state index contributed by atoms with van der Waals surface area (Å²) in [6.07, 6.45) is 4.33. The highest BCUT2D eigenvalue weighted by Crippen LogP contribution is 2.39. The van der Waals surface area contributed by atoms with Crippen LogP contribution in [0.2, 0.25) is 0 Å². The molecule has 24 heavy (non-hydrogen) atoms. The second kappa shape index (κ2) is 5.95. The van der Waals surface area contributed by atoms with Crippen molar-refractivity contribution in [2.45, 2.75) is 25.7 Å². The molecule has 126 valence electrons. The van der Waals surface area contributed by atoms with E-state index in [1.807, 2.05) is 6.92 Å². The second-order valence-corrected chi connectivity index (χ2v) is 5.79. The van der Waals surface area contributed by atoms with Gasteiger partial charge in [-0.1, -0.05) is 6.92 Å². The lowest BCUT2D eigenvalue weighted by molar-refractivity contribution is 0.102. The van der Waals surface area contributed by atoms with Gasteiger partial charge in [0.05, 0.1) is 19.5 Å². The fourth-order valence-corrected chi connectivity index (χ4v) is 3.02. The number of carbonyl (C=O) groups is 1. The van der Waals surface area contributed by atoms with Crippen LogP contribution in [0.4, 0.5) is 5.95 Å². The molecule has 0 unspecified atom stereocenters. The number of aromatic hydroxyl groups is 1. The highest BCUT2D eigenvalue weighted by atomic mass is 16.5. The first-order chi connectivity index (χ1) is 11.4. The number of anilines is 1. The Labute approximate surface area is 138 Å². The van der Waals surface area contributed by atoms with Crippen LogP contribution in [0.5, 0.6) is 11.5 Å². The summed E-state index contributed by atoms with van der Waals surface area (Å²) in [4.78, 5) is 32.8. The van der Waals surface area contributed by atoms with Crippen LogP contribution in [0.15, 0.2) is 17.2 Å². The number of methoxy groups -OCH3 is 1. The molecule has 1 atom stereocenters. The zero-order valence-electron chi connectivity index (χ0n) is 13.7. The maximum atomic E-state index is 12.5. The van der Waals surface area contributed by atoms with Crippen molar-refractivity contribution in [1.29, 1.82) is 0 Å². The molecule has 0 spiro atoms. The van der Waals surface area contributed by atoms with E-state index < -0.39 is 11.5 Å². The van der Waals surface area contributed by atoms with Crippen LogP contribution in [0, 0.1) is 0 Å². The van der Waals surface area contributed by atoms with Gasteiger partial charge < -0.3 is 14.4 Å². The summed E-state index contributed by atoms with van der Waals surface area (Å²) in [6.45, 7) is 1.96. The molecule has 0 radical (unpaired) electrons. The summed E-state index contributed by atoms with van der Waals surface area (Å²) in [5.41, 5.74) is 0.621. The van der Waals surface area contributed by atoms with Crippen molar-refractivity contribution in [2.75, 3.05) is 12.4 Å². The van der Waals surface area contributed by atoms with Crippen molar-refractivity contribution in [1.82, 2.24) is 14.5 Å². The van der Waals surface area contributed by atoms with Gasteiger partial charge in [-0.05, 0) is 18.8 Å². The Bertz CT molecular complexity index is 858. The molecule has 0 aliphatic heterocycles. The minimum absolute atomic E-state index is 0.0239. The van der Waals surface area contributed by atoms with E-state index in [1.54, 1.807) is 7.05 Å². The van der Waals surface area contributed by atoms with E-state index in [0.29, 0.717) is 17.7 Å². The van der Waals surface area contributed by atoms with Crippen molar-refractivity contribution < 1.29 is 14.6 Å². The maximum absolute atomic E-state index is 12.5. The number of hydrogen-bond donors (Lipinski definition) is 2. The molecule has 2 aromatic rings. The predicted octanol–water partition coefficient (Wildman–Crippen LogP) is 1.19. The molecule has 1 aliphatic rings. The number of carbonyl (C=O) groups excluding carboxylic acids is 1. The molecule has 1 aliphatic carbocycles. The third-order valence-corrected chi connectivity index (χ3v) is 4.35. The Morgan fingerprint density at radius 2 is 2.08 bits per heavy atom. The summed E-state index contributed by atoms with van der Waals surface area (Å²) in [5.74, 6) is -0.422. The van der Waals surface area contributed by atoms with Gasteiger partial charge in [-0.2, -0.15) is 0 Å². The van der Waals surface area contributed by atoms with Gasteiger partial charge >= 0.3 is 0 Å². The quantitative estimate of drug-likeness (QED) is 0.875. The van der Waals surface area contributed by atoms with E-state index in [1.165, 1.54) is 24.1 Å². The number of aromatic nitrogens is 3. The van der Waals surface area contributed by atoms with Crippen molar-refractivity contribution in [3.8, 4) is 11.5 Å². The van der Waals surface area contributed by atoms with Gasteiger partial charge in [-0.25, -0.2) is 9.97 Å². The largest absolute Gasteiger partial charge is 0.507 e. The Hall–Kier alpha value is -2.90. The summed E-state index contributed by atoms with van der Waals surface area (Å²) >= 11 is 0. The molecule has 0 bridgehead atoms. The number of ether oxygens (including phenoxy) is 1. The Morgan fingerprint density at radius 1 is 1.42 bits per heavy atom. The lowest BCUT2D eigenvalue weighted by atomic mass is 10.0. The van der Waals surface area contributed by atoms with Crippen LogP contribution >= 0.6 is 0 Å². The SMILES string of the molecule is COc1cnc(NC(=O)c2c(O)c3c(n(C)c2=O)CC[C@@H]3C)nc1. The molecule has 1 amide bonds. The number of rotatable bonds is 3. The van der Waals surface area contributed by atoms with E-state index in [4.69, 9.17) is 4.74 Å². The number of nitrogens with zero attached hydrogens (tertiary/aromatic N) is 3. The lowest BCUT2D eigenvalue weighted by Crippen LogP contribution is -2.30. The molecule has 0 saturated carbocycles. The number of nitrogens with one attached hydrogen (secondary N) is 1. The summed E-state index contributed by atoms with van der Waals surface area (Å²) in [5, 5.41) is 12.9. The first kappa shape index (κ1) is 16.0. The fourth-order valence-electron chi connectivity index (χ4n) is 3.02. The molecular formula is C16H18N4O4. The first-order valence-corrected chi connectivity index (χ1v) is 7.56. The van der Waals surface area contributed by atoms with Crippen molar-refractivity contribution in [2.24, 2.45) is 7.05 Å². The first-order valence-electron chi connectivity index (χ1n) is 7.56. The monoisotopic (exact) mass is 330 g/mol. The number of hydrogen-bond acceptors (Lipinski definition) is 6. The third kappa shape index (κ3) is 2.49. The number of fused-ring (bicyclic) bond motifs is 1. The molecule has 2 N–H and O–H groups in total. The maximum Gasteiger partial charge on any atom is 0.267 e. The number of pyridine rings is 1. The molecule has 8 heteroatoms. The predicted molar refractivity (Wildman–Crippen MR) is 86.6 cm³/mol. The molecule has 8 nitrogen and oxygen atoms in total. The number of amides is 1.